The van der Waals surface area contributed by atoms with E-state index in [0.717, 1.165) is 27.3 Å². The summed E-state index contributed by atoms with van der Waals surface area (Å²) in [4.78, 5) is 13.3. The lowest BCUT2D eigenvalue weighted by molar-refractivity contribution is -0.0299. The van der Waals surface area contributed by atoms with Gasteiger partial charge in [-0.15, -0.1) is 11.8 Å². The first kappa shape index (κ1) is 17.1. The first-order chi connectivity index (χ1) is 12.6. The SMILES string of the molecule is Cc1c(SCc2cccc(F)c2)cccc1-c1cc(=O)n(C2COC2)[nH]1. The van der Waals surface area contributed by atoms with E-state index in [1.165, 1.54) is 6.07 Å². The maximum Gasteiger partial charge on any atom is 0.267 e. The molecule has 134 valence electrons. The monoisotopic (exact) mass is 370 g/mol. The van der Waals surface area contributed by atoms with Crippen LogP contribution < -0.4 is 5.56 Å². The maximum absolute atomic E-state index is 13.3. The number of ether oxygens (including phenoxy) is 1. The molecule has 2 heterocycles. The van der Waals surface area contributed by atoms with Crippen molar-refractivity contribution in [3.63, 3.8) is 0 Å². The normalized spacial score (nSPS) is 14.4. The molecule has 3 aromatic rings. The summed E-state index contributed by atoms with van der Waals surface area (Å²) < 4.78 is 20.2. The summed E-state index contributed by atoms with van der Waals surface area (Å²) in [6.07, 6.45) is 0. The van der Waals surface area contributed by atoms with Crippen LogP contribution in [0.2, 0.25) is 0 Å². The molecule has 1 fully saturated rings. The molecule has 0 atom stereocenters. The molecular weight excluding hydrogens is 351 g/mol. The molecule has 4 nitrogen and oxygen atoms in total. The van der Waals surface area contributed by atoms with Crippen LogP contribution in [-0.2, 0) is 10.5 Å². The topological polar surface area (TPSA) is 47.0 Å². The second-order valence-electron chi connectivity index (χ2n) is 6.42. The van der Waals surface area contributed by atoms with Crippen molar-refractivity contribution < 1.29 is 9.13 Å². The molecule has 1 aromatic heterocycles. The third-order valence-corrected chi connectivity index (χ3v) is 5.82. The number of nitrogens with one attached hydrogen (secondary N) is 1. The van der Waals surface area contributed by atoms with E-state index in [9.17, 15) is 9.18 Å². The molecule has 2 aromatic carbocycles. The molecule has 6 heteroatoms. The highest BCUT2D eigenvalue weighted by Gasteiger charge is 2.23. The Kier molecular flexibility index (Phi) is 4.70. The molecule has 0 bridgehead atoms. The van der Waals surface area contributed by atoms with Gasteiger partial charge in [0.25, 0.3) is 5.56 Å². The minimum atomic E-state index is -0.215. The lowest BCUT2D eigenvalue weighted by Crippen LogP contribution is -2.36. The van der Waals surface area contributed by atoms with Gasteiger partial charge < -0.3 is 4.74 Å². The standard InChI is InChI=1S/C20H19FN2O2S/c1-13-17(18-9-20(24)23(22-18)16-10-25-11-16)6-3-7-19(13)26-12-14-4-2-5-15(21)8-14/h2-9,16,22H,10-12H2,1H3. The van der Waals surface area contributed by atoms with E-state index in [0.29, 0.717) is 19.0 Å². The number of nitrogens with zero attached hydrogens (tertiary/aromatic N) is 1. The van der Waals surface area contributed by atoms with Crippen LogP contribution in [0.25, 0.3) is 11.3 Å². The fourth-order valence-electron chi connectivity index (χ4n) is 3.04. The van der Waals surface area contributed by atoms with Crippen molar-refractivity contribution in [2.75, 3.05) is 13.2 Å². The first-order valence-electron chi connectivity index (χ1n) is 8.48. The van der Waals surface area contributed by atoms with Gasteiger partial charge in [-0.25, -0.2) is 9.07 Å². The molecule has 26 heavy (non-hydrogen) atoms. The third kappa shape index (κ3) is 3.34. The first-order valence-corrected chi connectivity index (χ1v) is 9.47. The summed E-state index contributed by atoms with van der Waals surface area (Å²) in [6.45, 7) is 3.19. The highest BCUT2D eigenvalue weighted by atomic mass is 32.2. The van der Waals surface area contributed by atoms with E-state index in [1.54, 1.807) is 34.6 Å². The summed E-state index contributed by atoms with van der Waals surface area (Å²) in [5.74, 6) is 0.478. The second-order valence-corrected chi connectivity index (χ2v) is 7.43. The van der Waals surface area contributed by atoms with Gasteiger partial charge in [0.05, 0.1) is 18.9 Å². The Labute approximate surface area is 155 Å². The Morgan fingerprint density at radius 3 is 2.77 bits per heavy atom. The van der Waals surface area contributed by atoms with Crippen LogP contribution in [0.3, 0.4) is 0 Å². The Morgan fingerprint density at radius 2 is 2.04 bits per heavy atom. The summed E-state index contributed by atoms with van der Waals surface area (Å²) in [5.41, 5.74) is 3.83. The lowest BCUT2D eigenvalue weighted by Gasteiger charge is -2.26. The summed E-state index contributed by atoms with van der Waals surface area (Å²) in [5, 5.41) is 3.21. The van der Waals surface area contributed by atoms with Gasteiger partial charge in [-0.3, -0.25) is 9.89 Å². The van der Waals surface area contributed by atoms with Crippen molar-refractivity contribution in [1.82, 2.24) is 9.78 Å². The number of rotatable bonds is 5. The van der Waals surface area contributed by atoms with Gasteiger partial charge in [0.1, 0.15) is 11.9 Å². The largest absolute Gasteiger partial charge is 0.377 e. The van der Waals surface area contributed by atoms with E-state index in [2.05, 4.69) is 11.2 Å². The van der Waals surface area contributed by atoms with E-state index < -0.39 is 0 Å². The average molecular weight is 370 g/mol. The minimum Gasteiger partial charge on any atom is -0.377 e. The van der Waals surface area contributed by atoms with Gasteiger partial charge in [-0.1, -0.05) is 24.3 Å². The van der Waals surface area contributed by atoms with Crippen LogP contribution >= 0.6 is 11.8 Å². The van der Waals surface area contributed by atoms with Crippen LogP contribution in [0, 0.1) is 12.7 Å². The highest BCUT2D eigenvalue weighted by molar-refractivity contribution is 7.98. The number of benzene rings is 2. The lowest BCUT2D eigenvalue weighted by atomic mass is 10.1. The molecule has 0 aliphatic carbocycles. The summed E-state index contributed by atoms with van der Waals surface area (Å²) in [7, 11) is 0. The van der Waals surface area contributed by atoms with E-state index >= 15 is 0 Å². The molecule has 1 N–H and O–H groups in total. The molecule has 0 amide bonds. The fourth-order valence-corrected chi connectivity index (χ4v) is 4.05. The molecule has 1 saturated heterocycles. The van der Waals surface area contributed by atoms with E-state index in [1.807, 2.05) is 25.1 Å². The van der Waals surface area contributed by atoms with Gasteiger partial charge in [0.2, 0.25) is 0 Å². The number of hydrogen-bond donors (Lipinski definition) is 1. The average Bonchev–Trinajstić information content (AvgIpc) is 2.94. The van der Waals surface area contributed by atoms with Crippen molar-refractivity contribution >= 4 is 11.8 Å². The second kappa shape index (κ2) is 7.13. The fraction of sp³-hybridized carbons (Fsp3) is 0.250. The van der Waals surface area contributed by atoms with Gasteiger partial charge in [-0.05, 0) is 36.2 Å². The van der Waals surface area contributed by atoms with Crippen LogP contribution in [0.5, 0.6) is 0 Å². The summed E-state index contributed by atoms with van der Waals surface area (Å²) in [6, 6.07) is 14.5. The maximum atomic E-state index is 13.3. The number of aromatic amines is 1. The third-order valence-electron chi connectivity index (χ3n) is 4.59. The Balaban J connectivity index is 1.58. The minimum absolute atomic E-state index is 0.0366. The van der Waals surface area contributed by atoms with Crippen molar-refractivity contribution in [1.29, 1.82) is 0 Å². The molecule has 0 saturated carbocycles. The van der Waals surface area contributed by atoms with Crippen molar-refractivity contribution in [3.8, 4) is 11.3 Å². The number of halogens is 1. The Morgan fingerprint density at radius 1 is 1.23 bits per heavy atom. The van der Waals surface area contributed by atoms with Crippen LogP contribution in [0.15, 0.2) is 58.2 Å². The molecule has 1 aliphatic rings. The molecule has 0 unspecified atom stereocenters. The Bertz CT molecular complexity index is 991. The van der Waals surface area contributed by atoms with Gasteiger partial charge in [0.15, 0.2) is 0 Å². The van der Waals surface area contributed by atoms with Gasteiger partial charge in [0, 0.05) is 22.3 Å². The van der Waals surface area contributed by atoms with Crippen LogP contribution in [0.4, 0.5) is 4.39 Å². The molecule has 0 radical (unpaired) electrons. The zero-order chi connectivity index (χ0) is 18.1. The van der Waals surface area contributed by atoms with Gasteiger partial charge in [-0.2, -0.15) is 0 Å². The number of hydrogen-bond acceptors (Lipinski definition) is 3. The quantitative estimate of drug-likeness (QED) is 0.686. The molecule has 1 aliphatic heterocycles. The predicted octanol–water partition coefficient (Wildman–Crippen LogP) is 4.15. The smallest absolute Gasteiger partial charge is 0.267 e. The zero-order valence-electron chi connectivity index (χ0n) is 14.4. The van der Waals surface area contributed by atoms with E-state index in [-0.39, 0.29) is 17.4 Å². The van der Waals surface area contributed by atoms with Crippen LogP contribution in [0.1, 0.15) is 17.2 Å². The van der Waals surface area contributed by atoms with Crippen LogP contribution in [-0.4, -0.2) is 23.0 Å². The van der Waals surface area contributed by atoms with Crippen molar-refractivity contribution in [3.05, 3.63) is 75.8 Å². The predicted molar refractivity (Wildman–Crippen MR) is 101 cm³/mol. The highest BCUT2D eigenvalue weighted by Crippen LogP contribution is 2.32. The van der Waals surface area contributed by atoms with E-state index in [4.69, 9.17) is 4.74 Å². The summed E-state index contributed by atoms with van der Waals surface area (Å²) >= 11 is 1.67. The Hall–Kier alpha value is -2.31. The van der Waals surface area contributed by atoms with Gasteiger partial charge >= 0.3 is 0 Å². The van der Waals surface area contributed by atoms with Crippen molar-refractivity contribution in [2.24, 2.45) is 0 Å². The number of thioether (sulfide) groups is 1. The number of aromatic nitrogens is 2. The molecule has 0 spiro atoms. The molecule has 4 rings (SSSR count). The van der Waals surface area contributed by atoms with Crippen molar-refractivity contribution in [2.45, 2.75) is 23.6 Å². The number of H-pyrrole nitrogens is 1. The molecular formula is C20H19FN2O2S. The zero-order valence-corrected chi connectivity index (χ0v) is 15.2.